The molecule has 0 heterocycles. The van der Waals surface area contributed by atoms with Gasteiger partial charge in [0.1, 0.15) is 0 Å². The van der Waals surface area contributed by atoms with E-state index in [-0.39, 0.29) is 22.8 Å². The van der Waals surface area contributed by atoms with E-state index in [9.17, 15) is 0 Å². The van der Waals surface area contributed by atoms with Crippen molar-refractivity contribution in [3.05, 3.63) is 0 Å². The van der Waals surface area contributed by atoms with Crippen LogP contribution in [0.3, 0.4) is 0 Å². The Morgan fingerprint density at radius 3 is 1.25 bits per heavy atom. The van der Waals surface area contributed by atoms with E-state index in [0.717, 1.165) is 0 Å². The van der Waals surface area contributed by atoms with E-state index in [4.69, 9.17) is 3.40 Å². The molecule has 0 rings (SSSR count). The van der Waals surface area contributed by atoms with Crippen molar-refractivity contribution in [3.63, 3.8) is 0 Å². The number of rotatable bonds is 0. The Bertz CT molecular complexity index is 6.00. The predicted molar refractivity (Wildman–Crippen MR) is 14.2 cm³/mol. The van der Waals surface area contributed by atoms with Crippen molar-refractivity contribution in [2.45, 2.75) is 0 Å². The summed E-state index contributed by atoms with van der Waals surface area (Å²) in [6, 6.07) is 0. The molecule has 0 fully saturated rings. The molecule has 0 aliphatic rings. The van der Waals surface area contributed by atoms with E-state index in [1.807, 2.05) is 0 Å². The predicted octanol–water partition coefficient (Wildman–Crippen LogP) is -2.13. The van der Waals surface area contributed by atoms with E-state index in [1.54, 1.807) is 0 Å². The van der Waals surface area contributed by atoms with Gasteiger partial charge < -0.3 is 5.48 Å². The van der Waals surface area contributed by atoms with Gasteiger partial charge in [-0.15, -0.1) is 0 Å². The molecule has 0 atom stereocenters. The molecule has 0 amide bonds. The van der Waals surface area contributed by atoms with Crippen molar-refractivity contribution < 1.29 is 28.7 Å². The summed E-state index contributed by atoms with van der Waals surface area (Å²) < 4.78 is 8.26. The second-order valence-corrected chi connectivity index (χ2v) is 0. The third kappa shape index (κ3) is 12.2. The third-order valence-electron chi connectivity index (χ3n) is 0. The van der Waals surface area contributed by atoms with Gasteiger partial charge in [0.15, 0.2) is 17.4 Å². The second kappa shape index (κ2) is 36.8. The van der Waals surface area contributed by atoms with Gasteiger partial charge >= 0.3 is 23.2 Å². The summed E-state index contributed by atoms with van der Waals surface area (Å²) in [5.74, 6) is 0. The van der Waals surface area contributed by atoms with Crippen molar-refractivity contribution in [1.82, 2.24) is 0 Å². The van der Waals surface area contributed by atoms with E-state index in [0.29, 0.717) is 19.8 Å². The van der Waals surface area contributed by atoms with Crippen LogP contribution in [0.25, 0.3) is 0 Å². The Hall–Kier alpha value is 0.981. The normalized spacial score (nSPS) is 1.00. The van der Waals surface area contributed by atoms with Crippen LogP contribution in [0.4, 0.5) is 0 Å². The van der Waals surface area contributed by atoms with Gasteiger partial charge in [-0.2, -0.15) is 0 Å². The van der Waals surface area contributed by atoms with Crippen LogP contribution in [-0.4, -0.2) is 22.8 Å². The van der Waals surface area contributed by atoms with Crippen molar-refractivity contribution in [1.29, 1.82) is 0 Å². The molecule has 0 radical (unpaired) electrons. The Balaban J connectivity index is -0.00000000500. The molecule has 0 aliphatic heterocycles. The first-order valence-corrected chi connectivity index (χ1v) is 0.986. The summed E-state index contributed by atoms with van der Waals surface area (Å²) in [5, 5.41) is 0. The Kier molecular flexibility index (Phi) is 185. The Morgan fingerprint density at radius 2 is 1.25 bits per heavy atom. The Labute approximate surface area is 46.2 Å². The molecule has 2 nitrogen and oxygen atoms in total. The average Bonchev–Trinajstić information content (AvgIpc) is 1.00. The molecule has 2 N–H and O–H groups in total. The molecule has 0 aromatic heterocycles. The van der Waals surface area contributed by atoms with Crippen LogP contribution in [-0.2, 0) is 23.2 Å². The van der Waals surface area contributed by atoms with Crippen LogP contribution in [0, 0.1) is 0 Å². The molecule has 26 valence electrons. The molecule has 0 aromatic rings. The molecule has 0 aliphatic carbocycles. The summed E-state index contributed by atoms with van der Waals surface area (Å²) >= 11 is 0.700. The van der Waals surface area contributed by atoms with E-state index >= 15 is 0 Å². The molecule has 0 spiro atoms. The second-order valence-electron chi connectivity index (χ2n) is 0. The van der Waals surface area contributed by atoms with Crippen molar-refractivity contribution in [2.24, 2.45) is 0 Å². The van der Waals surface area contributed by atoms with Crippen molar-refractivity contribution >= 4 is 17.4 Å². The quantitative estimate of drug-likeness (QED) is 0.373. The summed E-state index contributed by atoms with van der Waals surface area (Å²) in [4.78, 5) is 0. The van der Waals surface area contributed by atoms with Crippen LogP contribution in [0.2, 0.25) is 0 Å². The van der Waals surface area contributed by atoms with E-state index in [1.165, 1.54) is 0 Å². The van der Waals surface area contributed by atoms with Crippen LogP contribution in [0.15, 0.2) is 0 Å². The van der Waals surface area contributed by atoms with Gasteiger partial charge in [0, 0.05) is 0 Å². The molecule has 4 heteroatoms. The molecule has 0 saturated heterocycles. The topological polar surface area (TPSA) is 48.6 Å². The first-order chi connectivity index (χ1) is 1.00. The summed E-state index contributed by atoms with van der Waals surface area (Å²) in [7, 11) is 0. The molecular formula is H5AlMoO2. The minimum atomic E-state index is 0. The van der Waals surface area contributed by atoms with Gasteiger partial charge in [0.25, 0.3) is 0 Å². The summed E-state index contributed by atoms with van der Waals surface area (Å²) in [6.45, 7) is 0. The van der Waals surface area contributed by atoms with Crippen LogP contribution in [0.5, 0.6) is 0 Å². The SMILES string of the molecule is O.[AlH3].[O]=[Mo]. The van der Waals surface area contributed by atoms with Gasteiger partial charge in [0.05, 0.1) is 0 Å². The van der Waals surface area contributed by atoms with Gasteiger partial charge in [0.2, 0.25) is 0 Å². The number of hydrogen-bond donors (Lipinski definition) is 0. The van der Waals surface area contributed by atoms with Crippen LogP contribution in [0.1, 0.15) is 0 Å². The maximum absolute atomic E-state index is 8.26. The fraction of sp³-hybridized carbons (Fsp3) is 0. The fourth-order valence-corrected chi connectivity index (χ4v) is 0. The van der Waals surface area contributed by atoms with Gasteiger partial charge in [-0.1, -0.05) is 0 Å². The van der Waals surface area contributed by atoms with Crippen molar-refractivity contribution in [3.8, 4) is 0 Å². The van der Waals surface area contributed by atoms with E-state index < -0.39 is 0 Å². The average molecular weight is 160 g/mol. The van der Waals surface area contributed by atoms with Gasteiger partial charge in [-0.05, 0) is 0 Å². The van der Waals surface area contributed by atoms with Crippen LogP contribution >= 0.6 is 0 Å². The fourth-order valence-electron chi connectivity index (χ4n) is 0. The third-order valence-corrected chi connectivity index (χ3v) is 0. The zero-order chi connectivity index (χ0) is 2.00. The standard InChI is InChI=1S/Al.Mo.H2O.O.3H/h;;1H2;;;;. The summed E-state index contributed by atoms with van der Waals surface area (Å²) in [6.07, 6.45) is 0. The van der Waals surface area contributed by atoms with E-state index in [2.05, 4.69) is 0 Å². The summed E-state index contributed by atoms with van der Waals surface area (Å²) in [5.41, 5.74) is 0. The first-order valence-electron chi connectivity index (χ1n) is 0.167. The van der Waals surface area contributed by atoms with Crippen molar-refractivity contribution in [2.75, 3.05) is 0 Å². The molecule has 0 saturated carbocycles. The molecule has 0 aromatic carbocycles. The first kappa shape index (κ1) is 20.1. The molecular weight excluding hydrogens is 155 g/mol. The molecule has 0 bridgehead atoms. The van der Waals surface area contributed by atoms with Gasteiger partial charge in [-0.25, -0.2) is 0 Å². The van der Waals surface area contributed by atoms with Crippen LogP contribution < -0.4 is 0 Å². The van der Waals surface area contributed by atoms with Gasteiger partial charge in [-0.3, -0.25) is 0 Å². The molecule has 4 heavy (non-hydrogen) atoms. The Morgan fingerprint density at radius 1 is 1.25 bits per heavy atom. The zero-order valence-electron chi connectivity index (χ0n) is 1.32. The monoisotopic (exact) mass is 162 g/mol. The maximum atomic E-state index is 8.26. The zero-order valence-corrected chi connectivity index (χ0v) is 3.32. The minimum absolute atomic E-state index is 0. The number of hydrogen-bond acceptors (Lipinski definition) is 1. The molecule has 0 unspecified atom stereocenters.